The highest BCUT2D eigenvalue weighted by Gasteiger charge is 2.22. The SMILES string of the molecule is COc1c(F)ccc2cc(O)cc(C(C)(C)C)c12. The Kier molecular flexibility index (Phi) is 2.93. The zero-order chi connectivity index (χ0) is 13.5. The van der Waals surface area contributed by atoms with E-state index < -0.39 is 0 Å². The van der Waals surface area contributed by atoms with E-state index in [0.717, 1.165) is 16.3 Å². The number of hydrogen-bond acceptors (Lipinski definition) is 2. The Morgan fingerprint density at radius 2 is 1.83 bits per heavy atom. The number of benzene rings is 2. The first kappa shape index (κ1) is 12.7. The maximum atomic E-state index is 13.8. The molecule has 0 bridgehead atoms. The quantitative estimate of drug-likeness (QED) is 0.826. The van der Waals surface area contributed by atoms with Crippen LogP contribution in [-0.2, 0) is 5.41 Å². The van der Waals surface area contributed by atoms with Gasteiger partial charge in [0.2, 0.25) is 0 Å². The Hall–Kier alpha value is -1.77. The number of aromatic hydroxyl groups is 1. The van der Waals surface area contributed by atoms with Crippen LogP contribution in [0.2, 0.25) is 0 Å². The first-order valence-corrected chi connectivity index (χ1v) is 5.84. The first-order chi connectivity index (χ1) is 8.34. The van der Waals surface area contributed by atoms with Crippen LogP contribution in [0.25, 0.3) is 10.8 Å². The van der Waals surface area contributed by atoms with Gasteiger partial charge in [0, 0.05) is 5.39 Å². The minimum atomic E-state index is -0.388. The third-order valence-electron chi connectivity index (χ3n) is 3.02. The van der Waals surface area contributed by atoms with Crippen molar-refractivity contribution in [3.63, 3.8) is 0 Å². The van der Waals surface area contributed by atoms with E-state index >= 15 is 0 Å². The molecule has 0 aliphatic heterocycles. The fourth-order valence-corrected chi connectivity index (χ4v) is 2.18. The molecule has 96 valence electrons. The minimum Gasteiger partial charge on any atom is -0.508 e. The van der Waals surface area contributed by atoms with Crippen molar-refractivity contribution in [2.24, 2.45) is 0 Å². The summed E-state index contributed by atoms with van der Waals surface area (Å²) in [5.74, 6) is 0.0275. The molecule has 2 aromatic carbocycles. The average Bonchev–Trinajstić information content (AvgIpc) is 2.27. The van der Waals surface area contributed by atoms with Gasteiger partial charge in [0.15, 0.2) is 11.6 Å². The normalized spacial score (nSPS) is 11.8. The van der Waals surface area contributed by atoms with Crippen LogP contribution in [0.1, 0.15) is 26.3 Å². The highest BCUT2D eigenvalue weighted by molar-refractivity contribution is 5.93. The Morgan fingerprint density at radius 3 is 2.39 bits per heavy atom. The van der Waals surface area contributed by atoms with Crippen LogP contribution in [0.3, 0.4) is 0 Å². The maximum Gasteiger partial charge on any atom is 0.165 e. The van der Waals surface area contributed by atoms with Crippen LogP contribution in [0.5, 0.6) is 11.5 Å². The predicted octanol–water partition coefficient (Wildman–Crippen LogP) is 3.99. The van der Waals surface area contributed by atoms with E-state index in [1.54, 1.807) is 18.2 Å². The van der Waals surface area contributed by atoms with Gasteiger partial charge in [-0.05, 0) is 34.6 Å². The molecule has 18 heavy (non-hydrogen) atoms. The van der Waals surface area contributed by atoms with Gasteiger partial charge in [-0.1, -0.05) is 26.8 Å². The van der Waals surface area contributed by atoms with Gasteiger partial charge < -0.3 is 9.84 Å². The molecular weight excluding hydrogens is 231 g/mol. The van der Waals surface area contributed by atoms with Crippen molar-refractivity contribution in [2.75, 3.05) is 7.11 Å². The fraction of sp³-hybridized carbons (Fsp3) is 0.333. The summed E-state index contributed by atoms with van der Waals surface area (Å²) in [4.78, 5) is 0. The second kappa shape index (κ2) is 4.16. The van der Waals surface area contributed by atoms with Crippen molar-refractivity contribution in [2.45, 2.75) is 26.2 Å². The molecule has 0 atom stereocenters. The van der Waals surface area contributed by atoms with Gasteiger partial charge in [-0.3, -0.25) is 0 Å². The van der Waals surface area contributed by atoms with E-state index in [4.69, 9.17) is 4.74 Å². The van der Waals surface area contributed by atoms with Crippen LogP contribution >= 0.6 is 0 Å². The lowest BCUT2D eigenvalue weighted by atomic mass is 9.83. The molecule has 0 spiro atoms. The van der Waals surface area contributed by atoms with Gasteiger partial charge in [0.1, 0.15) is 5.75 Å². The molecule has 0 fully saturated rings. The smallest absolute Gasteiger partial charge is 0.165 e. The molecule has 0 saturated heterocycles. The van der Waals surface area contributed by atoms with Crippen molar-refractivity contribution in [3.05, 3.63) is 35.6 Å². The van der Waals surface area contributed by atoms with Crippen molar-refractivity contribution < 1.29 is 14.2 Å². The van der Waals surface area contributed by atoms with Crippen LogP contribution in [0.15, 0.2) is 24.3 Å². The topological polar surface area (TPSA) is 29.5 Å². The number of rotatable bonds is 1. The molecule has 0 heterocycles. The molecule has 0 unspecified atom stereocenters. The number of phenols is 1. The van der Waals surface area contributed by atoms with Crippen molar-refractivity contribution in [1.29, 1.82) is 0 Å². The Bertz CT molecular complexity index is 597. The van der Waals surface area contributed by atoms with E-state index in [1.165, 1.54) is 13.2 Å². The molecule has 2 nitrogen and oxygen atoms in total. The number of ether oxygens (including phenoxy) is 1. The molecule has 0 saturated carbocycles. The minimum absolute atomic E-state index is 0.182. The van der Waals surface area contributed by atoms with E-state index in [0.29, 0.717) is 0 Å². The summed E-state index contributed by atoms with van der Waals surface area (Å²) in [5, 5.41) is 11.3. The standard InChI is InChI=1S/C15H17FO2/c1-15(2,3)11-8-10(17)7-9-5-6-12(16)14(18-4)13(9)11/h5-8,17H,1-4H3. The highest BCUT2D eigenvalue weighted by atomic mass is 19.1. The lowest BCUT2D eigenvalue weighted by Gasteiger charge is -2.23. The van der Waals surface area contributed by atoms with Gasteiger partial charge in [-0.25, -0.2) is 4.39 Å². The average molecular weight is 248 g/mol. The molecule has 0 radical (unpaired) electrons. The summed E-state index contributed by atoms with van der Waals surface area (Å²) in [5.41, 5.74) is 0.659. The van der Waals surface area contributed by atoms with Crippen LogP contribution in [-0.4, -0.2) is 12.2 Å². The van der Waals surface area contributed by atoms with Crippen LogP contribution in [0, 0.1) is 5.82 Å². The third-order valence-corrected chi connectivity index (χ3v) is 3.02. The zero-order valence-corrected chi connectivity index (χ0v) is 11.0. The molecule has 2 rings (SSSR count). The summed E-state index contributed by atoms with van der Waals surface area (Å²) >= 11 is 0. The fourth-order valence-electron chi connectivity index (χ4n) is 2.18. The zero-order valence-electron chi connectivity index (χ0n) is 11.0. The Labute approximate surface area is 106 Å². The second-order valence-corrected chi connectivity index (χ2v) is 5.42. The number of hydrogen-bond donors (Lipinski definition) is 1. The maximum absolute atomic E-state index is 13.8. The van der Waals surface area contributed by atoms with Gasteiger partial charge in [0.05, 0.1) is 7.11 Å². The van der Waals surface area contributed by atoms with Crippen molar-refractivity contribution >= 4 is 10.8 Å². The van der Waals surface area contributed by atoms with Gasteiger partial charge >= 0.3 is 0 Å². The molecule has 0 aliphatic carbocycles. The van der Waals surface area contributed by atoms with Crippen LogP contribution < -0.4 is 4.74 Å². The summed E-state index contributed by atoms with van der Waals surface area (Å²) in [7, 11) is 1.46. The summed E-state index contributed by atoms with van der Waals surface area (Å²) in [6.07, 6.45) is 0. The van der Waals surface area contributed by atoms with Crippen LogP contribution in [0.4, 0.5) is 4.39 Å². The second-order valence-electron chi connectivity index (χ2n) is 5.42. The monoisotopic (exact) mass is 248 g/mol. The number of phenolic OH excluding ortho intramolecular Hbond substituents is 1. The molecule has 0 aromatic heterocycles. The summed E-state index contributed by atoms with van der Waals surface area (Å²) < 4.78 is 19.0. The molecule has 0 amide bonds. The molecule has 2 aromatic rings. The van der Waals surface area contributed by atoms with Crippen molar-refractivity contribution in [3.8, 4) is 11.5 Å². The van der Waals surface area contributed by atoms with Crippen molar-refractivity contribution in [1.82, 2.24) is 0 Å². The molecule has 3 heteroatoms. The lowest BCUT2D eigenvalue weighted by Crippen LogP contribution is -2.12. The number of halogens is 1. The van der Waals surface area contributed by atoms with Gasteiger partial charge in [-0.2, -0.15) is 0 Å². The van der Waals surface area contributed by atoms with Gasteiger partial charge in [0.25, 0.3) is 0 Å². The van der Waals surface area contributed by atoms with E-state index in [9.17, 15) is 9.50 Å². The number of methoxy groups -OCH3 is 1. The van der Waals surface area contributed by atoms with E-state index in [-0.39, 0.29) is 22.7 Å². The summed E-state index contributed by atoms with van der Waals surface area (Å²) in [6.45, 7) is 6.06. The van der Waals surface area contributed by atoms with Gasteiger partial charge in [-0.15, -0.1) is 0 Å². The number of fused-ring (bicyclic) bond motifs is 1. The third kappa shape index (κ3) is 2.01. The largest absolute Gasteiger partial charge is 0.508 e. The predicted molar refractivity (Wildman–Crippen MR) is 70.8 cm³/mol. The molecule has 1 N–H and O–H groups in total. The highest BCUT2D eigenvalue weighted by Crippen LogP contribution is 2.39. The first-order valence-electron chi connectivity index (χ1n) is 5.84. The summed E-state index contributed by atoms with van der Waals surface area (Å²) in [6, 6.07) is 6.30. The lowest BCUT2D eigenvalue weighted by molar-refractivity contribution is 0.391. The van der Waals surface area contributed by atoms with E-state index in [1.807, 2.05) is 20.8 Å². The molecule has 0 aliphatic rings. The Balaban J connectivity index is 2.95. The van der Waals surface area contributed by atoms with E-state index in [2.05, 4.69) is 0 Å². The Morgan fingerprint density at radius 1 is 1.17 bits per heavy atom. The molecular formula is C15H17FO2.